The van der Waals surface area contributed by atoms with E-state index in [4.69, 9.17) is 4.42 Å². The molecular weight excluding hydrogens is 254 g/mol. The second-order valence-corrected chi connectivity index (χ2v) is 4.30. The Morgan fingerprint density at radius 1 is 0.900 bits per heavy atom. The maximum Gasteiger partial charge on any atom is 0.249 e. The van der Waals surface area contributed by atoms with Crippen LogP contribution in [0.5, 0.6) is 0 Å². The molecule has 4 aromatic heterocycles. The first-order valence-corrected chi connectivity index (χ1v) is 6.06. The van der Waals surface area contributed by atoms with E-state index in [0.717, 1.165) is 16.6 Å². The van der Waals surface area contributed by atoms with E-state index in [2.05, 4.69) is 20.2 Å². The van der Waals surface area contributed by atoms with Crippen LogP contribution in [-0.4, -0.2) is 24.6 Å². The molecule has 6 heteroatoms. The van der Waals surface area contributed by atoms with Crippen molar-refractivity contribution in [2.24, 2.45) is 0 Å². The molecular formula is C14H9N5O. The van der Waals surface area contributed by atoms with E-state index in [9.17, 15) is 0 Å². The minimum atomic E-state index is 0.457. The molecule has 0 N–H and O–H groups in total. The van der Waals surface area contributed by atoms with Crippen LogP contribution in [0.2, 0.25) is 0 Å². The molecule has 0 aliphatic carbocycles. The van der Waals surface area contributed by atoms with E-state index in [1.807, 2.05) is 34.9 Å². The third kappa shape index (κ3) is 1.74. The van der Waals surface area contributed by atoms with Crippen molar-refractivity contribution in [3.8, 4) is 22.9 Å². The van der Waals surface area contributed by atoms with Crippen molar-refractivity contribution in [2.45, 2.75) is 0 Å². The molecule has 0 aliphatic heterocycles. The summed E-state index contributed by atoms with van der Waals surface area (Å²) in [6.07, 6.45) is 8.82. The number of imidazole rings is 1. The number of hydrogen-bond acceptors (Lipinski definition) is 5. The zero-order valence-corrected chi connectivity index (χ0v) is 10.3. The van der Waals surface area contributed by atoms with Crippen molar-refractivity contribution in [3.63, 3.8) is 0 Å². The van der Waals surface area contributed by atoms with Gasteiger partial charge >= 0.3 is 0 Å². The lowest BCUT2D eigenvalue weighted by molar-refractivity contribution is 0.584. The van der Waals surface area contributed by atoms with Gasteiger partial charge in [0.1, 0.15) is 0 Å². The Morgan fingerprint density at radius 3 is 2.65 bits per heavy atom. The van der Waals surface area contributed by atoms with E-state index < -0.39 is 0 Å². The van der Waals surface area contributed by atoms with Crippen LogP contribution in [0.3, 0.4) is 0 Å². The summed E-state index contributed by atoms with van der Waals surface area (Å²) >= 11 is 0. The normalized spacial score (nSPS) is 11.0. The van der Waals surface area contributed by atoms with Gasteiger partial charge in [0, 0.05) is 18.6 Å². The van der Waals surface area contributed by atoms with Crippen molar-refractivity contribution in [2.75, 3.05) is 0 Å². The average molecular weight is 263 g/mol. The summed E-state index contributed by atoms with van der Waals surface area (Å²) in [5.41, 5.74) is 2.66. The van der Waals surface area contributed by atoms with Crippen molar-refractivity contribution in [3.05, 3.63) is 55.4 Å². The highest BCUT2D eigenvalue weighted by molar-refractivity contribution is 5.59. The van der Waals surface area contributed by atoms with Crippen LogP contribution in [-0.2, 0) is 0 Å². The van der Waals surface area contributed by atoms with Crippen LogP contribution < -0.4 is 0 Å². The molecule has 6 nitrogen and oxygen atoms in total. The quantitative estimate of drug-likeness (QED) is 0.555. The molecule has 0 atom stereocenters. The predicted molar refractivity (Wildman–Crippen MR) is 71.7 cm³/mol. The monoisotopic (exact) mass is 263 g/mol. The molecule has 4 aromatic rings. The molecule has 0 amide bonds. The number of rotatable bonds is 2. The molecule has 0 unspecified atom stereocenters. The van der Waals surface area contributed by atoms with Gasteiger partial charge in [-0.2, -0.15) is 0 Å². The smallest absolute Gasteiger partial charge is 0.249 e. The molecule has 4 rings (SSSR count). The molecule has 0 aromatic carbocycles. The van der Waals surface area contributed by atoms with Crippen molar-refractivity contribution >= 4 is 5.52 Å². The lowest BCUT2D eigenvalue weighted by Crippen LogP contribution is -1.84. The largest absolute Gasteiger partial charge is 0.416 e. The molecule has 0 bridgehead atoms. The first-order valence-electron chi connectivity index (χ1n) is 6.06. The molecule has 96 valence electrons. The van der Waals surface area contributed by atoms with Crippen LogP contribution >= 0.6 is 0 Å². The minimum Gasteiger partial charge on any atom is -0.416 e. The van der Waals surface area contributed by atoms with E-state index in [1.165, 1.54) is 0 Å². The summed E-state index contributed by atoms with van der Waals surface area (Å²) in [7, 11) is 0. The Bertz CT molecular complexity index is 865. The van der Waals surface area contributed by atoms with Crippen molar-refractivity contribution < 1.29 is 4.42 Å². The second kappa shape index (κ2) is 4.27. The van der Waals surface area contributed by atoms with E-state index in [0.29, 0.717) is 11.8 Å². The van der Waals surface area contributed by atoms with Gasteiger partial charge in [0.15, 0.2) is 0 Å². The average Bonchev–Trinajstić information content (AvgIpc) is 3.16. The number of hydrogen-bond donors (Lipinski definition) is 0. The first-order chi connectivity index (χ1) is 9.90. The van der Waals surface area contributed by atoms with Gasteiger partial charge in [-0.15, -0.1) is 10.2 Å². The van der Waals surface area contributed by atoms with Gasteiger partial charge in [0.25, 0.3) is 0 Å². The zero-order valence-electron chi connectivity index (χ0n) is 10.3. The summed E-state index contributed by atoms with van der Waals surface area (Å²) in [5.74, 6) is 0.929. The Morgan fingerprint density at radius 2 is 1.80 bits per heavy atom. The highest BCUT2D eigenvalue weighted by atomic mass is 16.4. The highest BCUT2D eigenvalue weighted by Gasteiger charge is 2.10. The molecule has 4 heterocycles. The molecule has 0 fully saturated rings. The van der Waals surface area contributed by atoms with Gasteiger partial charge in [0.05, 0.1) is 29.2 Å². The number of aromatic nitrogens is 5. The Hall–Kier alpha value is -3.02. The van der Waals surface area contributed by atoms with Gasteiger partial charge in [-0.1, -0.05) is 0 Å². The fourth-order valence-corrected chi connectivity index (χ4v) is 1.99. The SMILES string of the molecule is c1cncc(-c2nnc(-c3ccc4cncn4c3)o2)c1. The fourth-order valence-electron chi connectivity index (χ4n) is 1.99. The third-order valence-electron chi connectivity index (χ3n) is 2.99. The highest BCUT2D eigenvalue weighted by Crippen LogP contribution is 2.23. The molecule has 0 saturated heterocycles. The van der Waals surface area contributed by atoms with Crippen LogP contribution in [0, 0.1) is 0 Å². The van der Waals surface area contributed by atoms with Crippen molar-refractivity contribution in [1.82, 2.24) is 24.6 Å². The summed E-state index contributed by atoms with van der Waals surface area (Å²) < 4.78 is 7.59. The van der Waals surface area contributed by atoms with Gasteiger partial charge < -0.3 is 8.82 Å². The van der Waals surface area contributed by atoms with Crippen LogP contribution in [0.25, 0.3) is 28.4 Å². The first kappa shape index (κ1) is 10.9. The van der Waals surface area contributed by atoms with Crippen LogP contribution in [0.4, 0.5) is 0 Å². The lowest BCUT2D eigenvalue weighted by atomic mass is 10.2. The fraction of sp³-hybridized carbons (Fsp3) is 0. The maximum atomic E-state index is 5.69. The third-order valence-corrected chi connectivity index (χ3v) is 2.99. The van der Waals surface area contributed by atoms with Crippen molar-refractivity contribution in [1.29, 1.82) is 0 Å². The summed E-state index contributed by atoms with van der Waals surface area (Å²) in [6.45, 7) is 0. The lowest BCUT2D eigenvalue weighted by Gasteiger charge is -1.97. The summed E-state index contributed by atoms with van der Waals surface area (Å²) in [4.78, 5) is 8.11. The Kier molecular flexibility index (Phi) is 2.32. The van der Waals surface area contributed by atoms with Gasteiger partial charge in [0.2, 0.25) is 11.8 Å². The predicted octanol–water partition coefficient (Wildman–Crippen LogP) is 2.45. The van der Waals surface area contributed by atoms with E-state index in [-0.39, 0.29) is 0 Å². The maximum absolute atomic E-state index is 5.69. The molecule has 0 saturated carbocycles. The molecule has 0 aliphatic rings. The summed E-state index contributed by atoms with van der Waals surface area (Å²) in [6, 6.07) is 7.59. The Labute approximate surface area is 113 Å². The number of pyridine rings is 2. The van der Waals surface area contributed by atoms with Gasteiger partial charge in [-0.3, -0.25) is 4.98 Å². The Balaban J connectivity index is 1.77. The van der Waals surface area contributed by atoms with Crippen LogP contribution in [0.1, 0.15) is 0 Å². The van der Waals surface area contributed by atoms with Gasteiger partial charge in [-0.25, -0.2) is 4.98 Å². The topological polar surface area (TPSA) is 69.1 Å². The minimum absolute atomic E-state index is 0.457. The number of nitrogens with zero attached hydrogens (tertiary/aromatic N) is 5. The number of fused-ring (bicyclic) bond motifs is 1. The second-order valence-electron chi connectivity index (χ2n) is 4.30. The summed E-state index contributed by atoms with van der Waals surface area (Å²) in [5, 5.41) is 8.12. The zero-order chi connectivity index (χ0) is 13.4. The van der Waals surface area contributed by atoms with Gasteiger partial charge in [-0.05, 0) is 24.3 Å². The molecule has 20 heavy (non-hydrogen) atoms. The van der Waals surface area contributed by atoms with E-state index in [1.54, 1.807) is 24.9 Å². The van der Waals surface area contributed by atoms with Crippen LogP contribution in [0.15, 0.2) is 59.8 Å². The molecule has 0 spiro atoms. The van der Waals surface area contributed by atoms with E-state index >= 15 is 0 Å². The molecule has 0 radical (unpaired) electrons. The standard InChI is InChI=1S/C14H9N5O/c1-2-10(6-15-5-1)13-17-18-14(20-13)11-3-4-12-7-16-9-19(12)8-11/h1-9H.